The molecule has 0 atom stereocenters. The molecule has 0 saturated heterocycles. The van der Waals surface area contributed by atoms with Crippen molar-refractivity contribution < 1.29 is 0 Å². The van der Waals surface area contributed by atoms with E-state index in [4.69, 9.17) is 0 Å². The molecule has 3 nitrogen and oxygen atoms in total. The average molecular weight is 263 g/mol. The second-order valence-corrected chi connectivity index (χ2v) is 6.05. The van der Waals surface area contributed by atoms with E-state index in [1.807, 2.05) is 17.7 Å². The van der Waals surface area contributed by atoms with Crippen LogP contribution in [0.1, 0.15) is 36.2 Å². The highest BCUT2D eigenvalue weighted by Crippen LogP contribution is 2.18. The molecule has 0 fully saturated rings. The molecule has 4 heteroatoms. The summed E-state index contributed by atoms with van der Waals surface area (Å²) in [5.41, 5.74) is 1.11. The quantitative estimate of drug-likeness (QED) is 0.868. The molecule has 2 aromatic rings. The third kappa shape index (κ3) is 3.68. The van der Waals surface area contributed by atoms with Gasteiger partial charge in [-0.05, 0) is 18.6 Å². The lowest BCUT2D eigenvalue weighted by atomic mass is 10.3. The first-order valence-electron chi connectivity index (χ1n) is 6.49. The maximum absolute atomic E-state index is 4.42. The van der Waals surface area contributed by atoms with Crippen molar-refractivity contribution >= 4 is 11.3 Å². The highest BCUT2D eigenvalue weighted by atomic mass is 32.1. The van der Waals surface area contributed by atoms with Gasteiger partial charge in [-0.3, -0.25) is 0 Å². The molecule has 0 bridgehead atoms. The van der Waals surface area contributed by atoms with Gasteiger partial charge in [-0.15, -0.1) is 11.3 Å². The van der Waals surface area contributed by atoms with Gasteiger partial charge in [0.25, 0.3) is 0 Å². The van der Waals surface area contributed by atoms with E-state index in [1.165, 1.54) is 9.75 Å². The minimum Gasteiger partial charge on any atom is -0.332 e. The van der Waals surface area contributed by atoms with Crippen LogP contribution in [0.25, 0.3) is 0 Å². The second kappa shape index (κ2) is 6.16. The molecule has 0 spiro atoms. The first kappa shape index (κ1) is 13.3. The predicted molar refractivity (Wildman–Crippen MR) is 77.0 cm³/mol. The van der Waals surface area contributed by atoms with Gasteiger partial charge >= 0.3 is 0 Å². The number of nitrogens with zero attached hydrogens (tertiary/aromatic N) is 2. The molecule has 0 aliphatic heterocycles. The molecule has 0 radical (unpaired) electrons. The van der Waals surface area contributed by atoms with Gasteiger partial charge in [0.2, 0.25) is 0 Å². The summed E-state index contributed by atoms with van der Waals surface area (Å²) >= 11 is 1.89. The van der Waals surface area contributed by atoms with Gasteiger partial charge in [0.15, 0.2) is 0 Å². The zero-order chi connectivity index (χ0) is 13.0. The van der Waals surface area contributed by atoms with Gasteiger partial charge in [-0.2, -0.15) is 0 Å². The number of hydrogen-bond acceptors (Lipinski definition) is 3. The molecule has 0 aliphatic carbocycles. The van der Waals surface area contributed by atoms with Gasteiger partial charge in [0.05, 0.1) is 18.6 Å². The van der Waals surface area contributed by atoms with Crippen molar-refractivity contribution in [3.8, 4) is 0 Å². The number of imidazole rings is 1. The van der Waals surface area contributed by atoms with Crippen molar-refractivity contribution in [2.75, 3.05) is 0 Å². The van der Waals surface area contributed by atoms with Crippen LogP contribution >= 0.6 is 11.3 Å². The standard InChI is InChI=1S/C14H21N3S/c1-4-13-5-6-14(18-13)9-17-8-12(16-10-17)7-15-11(2)3/h5-6,8,10-11,15H,4,7,9H2,1-3H3. The van der Waals surface area contributed by atoms with Gasteiger partial charge < -0.3 is 9.88 Å². The Hall–Kier alpha value is -1.13. The third-order valence-corrected chi connectivity index (χ3v) is 4.00. The fraction of sp³-hybridized carbons (Fsp3) is 0.500. The largest absolute Gasteiger partial charge is 0.332 e. The number of nitrogens with one attached hydrogen (secondary N) is 1. The molecule has 0 aliphatic rings. The third-order valence-electron chi connectivity index (χ3n) is 2.78. The summed E-state index contributed by atoms with van der Waals surface area (Å²) in [6.45, 7) is 8.26. The minimum atomic E-state index is 0.500. The van der Waals surface area contributed by atoms with Gasteiger partial charge in [0.1, 0.15) is 0 Å². The normalized spacial score (nSPS) is 11.3. The minimum absolute atomic E-state index is 0.500. The number of hydrogen-bond donors (Lipinski definition) is 1. The summed E-state index contributed by atoms with van der Waals surface area (Å²) in [4.78, 5) is 7.26. The van der Waals surface area contributed by atoms with Gasteiger partial charge in [0, 0.05) is 28.5 Å². The molecule has 0 aromatic carbocycles. The van der Waals surface area contributed by atoms with E-state index >= 15 is 0 Å². The number of thiophene rings is 1. The molecule has 18 heavy (non-hydrogen) atoms. The van der Waals surface area contributed by atoms with Crippen LogP contribution in [0.4, 0.5) is 0 Å². The van der Waals surface area contributed by atoms with E-state index in [0.717, 1.165) is 25.2 Å². The number of rotatable bonds is 6. The molecule has 0 unspecified atom stereocenters. The van der Waals surface area contributed by atoms with Gasteiger partial charge in [-0.25, -0.2) is 4.98 Å². The van der Waals surface area contributed by atoms with Crippen molar-refractivity contribution in [1.82, 2.24) is 14.9 Å². The molecular formula is C14H21N3S. The lowest BCUT2D eigenvalue weighted by molar-refractivity contribution is 0.582. The predicted octanol–water partition coefficient (Wildman–Crippen LogP) is 3.05. The van der Waals surface area contributed by atoms with Crippen LogP contribution in [0, 0.1) is 0 Å². The fourth-order valence-corrected chi connectivity index (χ4v) is 2.74. The molecule has 0 saturated carbocycles. The van der Waals surface area contributed by atoms with E-state index < -0.39 is 0 Å². The van der Waals surface area contributed by atoms with Crippen molar-refractivity contribution in [3.05, 3.63) is 40.1 Å². The Balaban J connectivity index is 1.93. The molecule has 1 N–H and O–H groups in total. The topological polar surface area (TPSA) is 29.9 Å². The Labute approximate surface area is 113 Å². The Morgan fingerprint density at radius 1 is 1.33 bits per heavy atom. The van der Waals surface area contributed by atoms with E-state index in [1.54, 1.807) is 0 Å². The molecular weight excluding hydrogens is 242 g/mol. The molecule has 0 amide bonds. The Kier molecular flexibility index (Phi) is 4.55. The summed E-state index contributed by atoms with van der Waals surface area (Å²) in [6, 6.07) is 4.94. The maximum Gasteiger partial charge on any atom is 0.0953 e. The van der Waals surface area contributed by atoms with Gasteiger partial charge in [-0.1, -0.05) is 20.8 Å². The summed E-state index contributed by atoms with van der Waals surface area (Å²) in [7, 11) is 0. The summed E-state index contributed by atoms with van der Waals surface area (Å²) in [5, 5.41) is 3.38. The lowest BCUT2D eigenvalue weighted by Gasteiger charge is -2.04. The highest BCUT2D eigenvalue weighted by Gasteiger charge is 2.03. The van der Waals surface area contributed by atoms with Crippen LogP contribution in [-0.4, -0.2) is 15.6 Å². The smallest absolute Gasteiger partial charge is 0.0953 e. The van der Waals surface area contributed by atoms with Crippen LogP contribution in [0.3, 0.4) is 0 Å². The van der Waals surface area contributed by atoms with Crippen LogP contribution in [0.5, 0.6) is 0 Å². The molecule has 2 rings (SSSR count). The zero-order valence-corrected chi connectivity index (χ0v) is 12.1. The number of aryl methyl sites for hydroxylation is 1. The average Bonchev–Trinajstić information content (AvgIpc) is 2.96. The first-order chi connectivity index (χ1) is 8.67. The van der Waals surface area contributed by atoms with Crippen LogP contribution in [-0.2, 0) is 19.5 Å². The zero-order valence-electron chi connectivity index (χ0n) is 11.3. The number of aromatic nitrogens is 2. The van der Waals surface area contributed by atoms with Crippen molar-refractivity contribution in [1.29, 1.82) is 0 Å². The van der Waals surface area contributed by atoms with Crippen molar-refractivity contribution in [2.45, 2.75) is 46.3 Å². The van der Waals surface area contributed by atoms with Crippen molar-refractivity contribution in [3.63, 3.8) is 0 Å². The molecule has 2 heterocycles. The molecule has 2 aromatic heterocycles. The van der Waals surface area contributed by atoms with E-state index in [9.17, 15) is 0 Å². The SMILES string of the molecule is CCc1ccc(Cn2cnc(CNC(C)C)c2)s1. The summed E-state index contributed by atoms with van der Waals surface area (Å²) in [6.07, 6.45) is 5.17. The molecule has 98 valence electrons. The lowest BCUT2D eigenvalue weighted by Crippen LogP contribution is -2.21. The second-order valence-electron chi connectivity index (χ2n) is 4.79. The highest BCUT2D eigenvalue weighted by molar-refractivity contribution is 7.11. The Morgan fingerprint density at radius 3 is 2.78 bits per heavy atom. The van der Waals surface area contributed by atoms with E-state index in [2.05, 4.69) is 54.0 Å². The first-order valence-corrected chi connectivity index (χ1v) is 7.30. The van der Waals surface area contributed by atoms with Crippen molar-refractivity contribution in [2.24, 2.45) is 0 Å². The van der Waals surface area contributed by atoms with Crippen LogP contribution in [0.15, 0.2) is 24.7 Å². The monoisotopic (exact) mass is 263 g/mol. The van der Waals surface area contributed by atoms with E-state index in [-0.39, 0.29) is 0 Å². The van der Waals surface area contributed by atoms with Crippen LogP contribution in [0.2, 0.25) is 0 Å². The fourth-order valence-electron chi connectivity index (χ4n) is 1.77. The van der Waals surface area contributed by atoms with Crippen LogP contribution < -0.4 is 5.32 Å². The maximum atomic E-state index is 4.42. The summed E-state index contributed by atoms with van der Waals surface area (Å²) < 4.78 is 2.16. The Morgan fingerprint density at radius 2 is 2.11 bits per heavy atom. The summed E-state index contributed by atoms with van der Waals surface area (Å²) in [5.74, 6) is 0. The van der Waals surface area contributed by atoms with E-state index in [0.29, 0.717) is 6.04 Å². The Bertz CT molecular complexity index is 485.